The van der Waals surface area contributed by atoms with Gasteiger partial charge in [-0.2, -0.15) is 0 Å². The Morgan fingerprint density at radius 3 is 2.47 bits per heavy atom. The molecule has 0 aliphatic rings. The van der Waals surface area contributed by atoms with Crippen molar-refractivity contribution in [1.82, 2.24) is 15.3 Å². The minimum absolute atomic E-state index is 0.210. The van der Waals surface area contributed by atoms with E-state index in [1.54, 1.807) is 37.0 Å². The SMILES string of the molecule is CNCc1ccc(C(=N)OC(=N)c2nc(-c3ccc(SC(C)C)cc3)cnc2C)c(Cl)c1. The molecule has 1 heterocycles. The Kier molecular flexibility index (Phi) is 8.01. The summed E-state index contributed by atoms with van der Waals surface area (Å²) in [5, 5.41) is 20.6. The lowest BCUT2D eigenvalue weighted by molar-refractivity contribution is 0.535. The number of aryl methyl sites for hydroxylation is 1. The Hall–Kier alpha value is -2.74. The molecule has 0 amide bonds. The lowest BCUT2D eigenvalue weighted by atomic mass is 10.1. The summed E-state index contributed by atoms with van der Waals surface area (Å²) in [6, 6.07) is 13.5. The van der Waals surface area contributed by atoms with Crippen LogP contribution >= 0.6 is 23.4 Å². The summed E-state index contributed by atoms with van der Waals surface area (Å²) in [7, 11) is 1.85. The normalized spacial score (nSPS) is 10.9. The Bertz CT molecular complexity index is 1130. The topological polar surface area (TPSA) is 94.7 Å². The third-order valence-electron chi connectivity index (χ3n) is 4.56. The van der Waals surface area contributed by atoms with E-state index in [4.69, 9.17) is 27.2 Å². The molecule has 0 saturated heterocycles. The van der Waals surface area contributed by atoms with Crippen LogP contribution < -0.4 is 5.32 Å². The van der Waals surface area contributed by atoms with Crippen molar-refractivity contribution in [3.63, 3.8) is 0 Å². The zero-order valence-corrected chi connectivity index (χ0v) is 20.1. The van der Waals surface area contributed by atoms with Gasteiger partial charge in [-0.1, -0.05) is 43.6 Å². The number of ether oxygens (including phenoxy) is 1. The van der Waals surface area contributed by atoms with Crippen LogP contribution in [0.4, 0.5) is 0 Å². The molecular formula is C24H26ClN5OS. The highest BCUT2D eigenvalue weighted by molar-refractivity contribution is 7.99. The second-order valence-corrected chi connectivity index (χ2v) is 9.54. The van der Waals surface area contributed by atoms with Crippen LogP contribution in [0.5, 0.6) is 0 Å². The smallest absolute Gasteiger partial charge is 0.241 e. The fourth-order valence-corrected chi connectivity index (χ4v) is 4.17. The maximum Gasteiger partial charge on any atom is 0.241 e. The van der Waals surface area contributed by atoms with Gasteiger partial charge in [-0.05, 0) is 43.8 Å². The number of hydrogen-bond donors (Lipinski definition) is 3. The molecule has 0 aliphatic heterocycles. The summed E-state index contributed by atoms with van der Waals surface area (Å²) in [6.07, 6.45) is 1.68. The van der Waals surface area contributed by atoms with E-state index in [0.29, 0.717) is 33.8 Å². The highest BCUT2D eigenvalue weighted by Crippen LogP contribution is 2.26. The molecular weight excluding hydrogens is 442 g/mol. The number of halogens is 1. The molecule has 3 N–H and O–H groups in total. The Labute approximate surface area is 197 Å². The maximum absolute atomic E-state index is 8.38. The van der Waals surface area contributed by atoms with Crippen LogP contribution in [0.25, 0.3) is 11.3 Å². The first kappa shape index (κ1) is 23.9. The van der Waals surface area contributed by atoms with Gasteiger partial charge in [-0.15, -0.1) is 11.8 Å². The summed E-state index contributed by atoms with van der Waals surface area (Å²) >= 11 is 8.12. The van der Waals surface area contributed by atoms with E-state index in [-0.39, 0.29) is 17.5 Å². The van der Waals surface area contributed by atoms with Gasteiger partial charge in [0, 0.05) is 22.3 Å². The van der Waals surface area contributed by atoms with Crippen molar-refractivity contribution in [2.75, 3.05) is 7.05 Å². The van der Waals surface area contributed by atoms with E-state index in [0.717, 1.165) is 11.1 Å². The molecule has 6 nitrogen and oxygen atoms in total. The fraction of sp³-hybridized carbons (Fsp3) is 0.250. The molecule has 0 unspecified atom stereocenters. The molecule has 166 valence electrons. The van der Waals surface area contributed by atoms with Crippen molar-refractivity contribution in [3.8, 4) is 11.3 Å². The minimum atomic E-state index is -0.246. The van der Waals surface area contributed by atoms with Crippen LogP contribution in [0.1, 0.15) is 36.4 Å². The molecule has 3 rings (SSSR count). The number of rotatable bonds is 7. The first-order chi connectivity index (χ1) is 15.3. The number of aromatic nitrogens is 2. The van der Waals surface area contributed by atoms with Gasteiger partial charge in [0.05, 0.1) is 28.2 Å². The van der Waals surface area contributed by atoms with E-state index in [1.165, 1.54) is 4.90 Å². The molecule has 0 aliphatic carbocycles. The van der Waals surface area contributed by atoms with Crippen LogP contribution in [0.3, 0.4) is 0 Å². The van der Waals surface area contributed by atoms with E-state index >= 15 is 0 Å². The molecule has 0 bridgehead atoms. The Balaban J connectivity index is 1.79. The lowest BCUT2D eigenvalue weighted by Crippen LogP contribution is -2.17. The van der Waals surface area contributed by atoms with Crippen molar-refractivity contribution in [2.24, 2.45) is 0 Å². The van der Waals surface area contributed by atoms with E-state index < -0.39 is 0 Å². The molecule has 32 heavy (non-hydrogen) atoms. The minimum Gasteiger partial charge on any atom is -0.419 e. The summed E-state index contributed by atoms with van der Waals surface area (Å²) in [5.41, 5.74) is 3.79. The van der Waals surface area contributed by atoms with E-state index in [2.05, 4.69) is 41.3 Å². The zero-order chi connectivity index (χ0) is 23.3. The van der Waals surface area contributed by atoms with Crippen LogP contribution in [0, 0.1) is 17.7 Å². The van der Waals surface area contributed by atoms with Gasteiger partial charge in [0.2, 0.25) is 11.8 Å². The molecule has 0 spiro atoms. The van der Waals surface area contributed by atoms with Crippen LogP contribution in [-0.2, 0) is 11.3 Å². The summed E-state index contributed by atoms with van der Waals surface area (Å²) < 4.78 is 5.50. The highest BCUT2D eigenvalue weighted by atomic mass is 35.5. The number of hydrogen-bond acceptors (Lipinski definition) is 7. The maximum atomic E-state index is 8.38. The zero-order valence-electron chi connectivity index (χ0n) is 18.5. The second kappa shape index (κ2) is 10.7. The van der Waals surface area contributed by atoms with Gasteiger partial charge < -0.3 is 10.1 Å². The first-order valence-corrected chi connectivity index (χ1v) is 11.4. The van der Waals surface area contributed by atoms with Gasteiger partial charge in [-0.25, -0.2) is 4.98 Å². The molecule has 0 saturated carbocycles. The van der Waals surface area contributed by atoms with Crippen molar-refractivity contribution < 1.29 is 4.74 Å². The second-order valence-electron chi connectivity index (χ2n) is 7.49. The van der Waals surface area contributed by atoms with Crippen molar-refractivity contribution in [2.45, 2.75) is 37.5 Å². The molecule has 1 aromatic heterocycles. The number of benzene rings is 2. The summed E-state index contributed by atoms with van der Waals surface area (Å²) in [4.78, 5) is 10.2. The first-order valence-electron chi connectivity index (χ1n) is 10.2. The van der Waals surface area contributed by atoms with Gasteiger partial charge in [0.25, 0.3) is 0 Å². The summed E-state index contributed by atoms with van der Waals surface area (Å²) in [6.45, 7) is 6.74. The Morgan fingerprint density at radius 1 is 1.12 bits per heavy atom. The van der Waals surface area contributed by atoms with Crippen LogP contribution in [0.2, 0.25) is 5.02 Å². The van der Waals surface area contributed by atoms with Gasteiger partial charge in [0.15, 0.2) is 0 Å². The summed E-state index contributed by atoms with van der Waals surface area (Å²) in [5.74, 6) is -0.457. The number of nitrogens with zero attached hydrogens (tertiary/aromatic N) is 2. The standard InChI is InChI=1S/C24H26ClN5OS/c1-14(2)32-18-8-6-17(7-9-18)21-13-29-15(3)22(30-21)24(27)31-23(26)19-10-5-16(12-28-4)11-20(19)25/h5-11,13-14,26-28H,12H2,1-4H3. The number of nitrogens with one attached hydrogen (secondary N) is 3. The third kappa shape index (κ3) is 5.94. The molecule has 0 fully saturated rings. The van der Waals surface area contributed by atoms with Crippen LogP contribution in [0.15, 0.2) is 53.6 Å². The highest BCUT2D eigenvalue weighted by Gasteiger charge is 2.17. The predicted octanol–water partition coefficient (Wildman–Crippen LogP) is 5.69. The van der Waals surface area contributed by atoms with Crippen molar-refractivity contribution in [3.05, 3.63) is 76.2 Å². The van der Waals surface area contributed by atoms with E-state index in [1.807, 2.05) is 25.2 Å². The molecule has 0 radical (unpaired) electrons. The monoisotopic (exact) mass is 467 g/mol. The molecule has 8 heteroatoms. The van der Waals surface area contributed by atoms with Crippen molar-refractivity contribution >= 4 is 35.2 Å². The average Bonchev–Trinajstić information content (AvgIpc) is 2.74. The largest absolute Gasteiger partial charge is 0.419 e. The molecule has 2 aromatic carbocycles. The quantitative estimate of drug-likeness (QED) is 0.235. The van der Waals surface area contributed by atoms with Crippen LogP contribution in [-0.4, -0.2) is 34.1 Å². The lowest BCUT2D eigenvalue weighted by Gasteiger charge is -2.12. The Morgan fingerprint density at radius 2 is 1.84 bits per heavy atom. The van der Waals surface area contributed by atoms with Gasteiger partial charge in [-0.3, -0.25) is 15.8 Å². The van der Waals surface area contributed by atoms with E-state index in [9.17, 15) is 0 Å². The number of thioether (sulfide) groups is 1. The molecule has 0 atom stereocenters. The fourth-order valence-electron chi connectivity index (χ4n) is 3.04. The predicted molar refractivity (Wildman–Crippen MR) is 132 cm³/mol. The van der Waals surface area contributed by atoms with Crippen molar-refractivity contribution in [1.29, 1.82) is 10.8 Å². The average molecular weight is 468 g/mol. The third-order valence-corrected chi connectivity index (χ3v) is 5.88. The molecule has 3 aromatic rings. The van der Waals surface area contributed by atoms with Gasteiger partial charge in [0.1, 0.15) is 5.69 Å². The van der Waals surface area contributed by atoms with Gasteiger partial charge >= 0.3 is 0 Å².